The van der Waals surface area contributed by atoms with E-state index in [1.54, 1.807) is 0 Å². The predicted molar refractivity (Wildman–Crippen MR) is 82.4 cm³/mol. The van der Waals surface area contributed by atoms with E-state index < -0.39 is 0 Å². The van der Waals surface area contributed by atoms with Gasteiger partial charge in [-0.3, -0.25) is 0 Å². The van der Waals surface area contributed by atoms with Crippen LogP contribution in [0.4, 0.5) is 5.82 Å². The lowest BCUT2D eigenvalue weighted by Crippen LogP contribution is -2.06. The second-order valence-corrected chi connectivity index (χ2v) is 5.02. The van der Waals surface area contributed by atoms with Crippen molar-refractivity contribution in [1.82, 2.24) is 14.5 Å². The average Bonchev–Trinajstić information content (AvgIpc) is 2.77. The maximum atomic E-state index is 6.25. The quantitative estimate of drug-likeness (QED) is 0.801. The zero-order valence-corrected chi connectivity index (χ0v) is 12.1. The van der Waals surface area contributed by atoms with Gasteiger partial charge in [-0.2, -0.15) is 0 Å². The van der Waals surface area contributed by atoms with Gasteiger partial charge in [0.1, 0.15) is 11.6 Å². The van der Waals surface area contributed by atoms with E-state index in [1.807, 2.05) is 44.3 Å². The molecule has 4 nitrogen and oxygen atoms in total. The molecular weight excluding hydrogens is 272 g/mol. The molecule has 0 spiro atoms. The topological polar surface area (TPSA) is 42.7 Å². The largest absolute Gasteiger partial charge is 0.373 e. The second-order valence-electron chi connectivity index (χ2n) is 4.61. The minimum Gasteiger partial charge on any atom is -0.373 e. The number of pyridine rings is 1. The van der Waals surface area contributed by atoms with E-state index in [4.69, 9.17) is 11.6 Å². The van der Waals surface area contributed by atoms with E-state index in [2.05, 4.69) is 25.9 Å². The molecule has 5 heteroatoms. The number of para-hydroxylation sites is 2. The molecule has 0 aliphatic carbocycles. The summed E-state index contributed by atoms with van der Waals surface area (Å²) in [6.07, 6.45) is 0. The number of rotatable bonds is 3. The fourth-order valence-corrected chi connectivity index (χ4v) is 2.44. The van der Waals surface area contributed by atoms with Gasteiger partial charge >= 0.3 is 0 Å². The zero-order valence-electron chi connectivity index (χ0n) is 11.4. The fraction of sp³-hybridized carbons (Fsp3) is 0.200. The van der Waals surface area contributed by atoms with E-state index in [-0.39, 0.29) is 0 Å². The Hall–Kier alpha value is -2.07. The van der Waals surface area contributed by atoms with Crippen LogP contribution in [0.1, 0.15) is 11.5 Å². The summed E-state index contributed by atoms with van der Waals surface area (Å²) < 4.78 is 2.13. The van der Waals surface area contributed by atoms with Crippen molar-refractivity contribution in [2.45, 2.75) is 13.5 Å². The van der Waals surface area contributed by atoms with Crippen molar-refractivity contribution in [2.75, 3.05) is 12.4 Å². The number of nitrogens with one attached hydrogen (secondary N) is 1. The predicted octanol–water partition coefficient (Wildman–Crippen LogP) is 3.48. The number of fused-ring (bicyclic) bond motifs is 1. The Morgan fingerprint density at radius 1 is 1.15 bits per heavy atom. The van der Waals surface area contributed by atoms with Crippen molar-refractivity contribution in [3.8, 4) is 0 Å². The number of aromatic nitrogens is 3. The maximum absolute atomic E-state index is 6.25. The Balaban J connectivity index is 2.07. The van der Waals surface area contributed by atoms with Crippen LogP contribution in [0.25, 0.3) is 11.0 Å². The number of imidazole rings is 1. The SMILES string of the molecule is CNc1ccc(Cl)c(Cn2c(C)nc3ccccc32)n1. The molecule has 0 saturated carbocycles. The lowest BCUT2D eigenvalue weighted by molar-refractivity contribution is 0.765. The van der Waals surface area contributed by atoms with Gasteiger partial charge in [-0.25, -0.2) is 9.97 Å². The van der Waals surface area contributed by atoms with Crippen molar-refractivity contribution in [1.29, 1.82) is 0 Å². The Morgan fingerprint density at radius 3 is 2.75 bits per heavy atom. The number of nitrogens with zero attached hydrogens (tertiary/aromatic N) is 3. The Kier molecular flexibility index (Phi) is 3.32. The van der Waals surface area contributed by atoms with E-state index in [0.717, 1.165) is 28.4 Å². The van der Waals surface area contributed by atoms with Crippen LogP contribution < -0.4 is 5.32 Å². The van der Waals surface area contributed by atoms with Gasteiger partial charge < -0.3 is 9.88 Å². The molecule has 102 valence electrons. The number of halogens is 1. The van der Waals surface area contributed by atoms with Crippen molar-refractivity contribution in [3.63, 3.8) is 0 Å². The van der Waals surface area contributed by atoms with Crippen LogP contribution >= 0.6 is 11.6 Å². The molecule has 0 bridgehead atoms. The highest BCUT2D eigenvalue weighted by molar-refractivity contribution is 6.31. The minimum atomic E-state index is 0.612. The number of aryl methyl sites for hydroxylation is 1. The van der Waals surface area contributed by atoms with Gasteiger partial charge in [0, 0.05) is 7.05 Å². The Morgan fingerprint density at radius 2 is 1.95 bits per heavy atom. The van der Waals surface area contributed by atoms with Gasteiger partial charge in [0.15, 0.2) is 0 Å². The van der Waals surface area contributed by atoms with Gasteiger partial charge in [0.2, 0.25) is 0 Å². The highest BCUT2D eigenvalue weighted by Gasteiger charge is 2.10. The van der Waals surface area contributed by atoms with E-state index >= 15 is 0 Å². The van der Waals surface area contributed by atoms with Crippen LogP contribution in [-0.2, 0) is 6.54 Å². The smallest absolute Gasteiger partial charge is 0.126 e. The molecule has 1 N–H and O–H groups in total. The minimum absolute atomic E-state index is 0.612. The van der Waals surface area contributed by atoms with Gasteiger partial charge in [-0.1, -0.05) is 23.7 Å². The third-order valence-corrected chi connectivity index (χ3v) is 3.67. The first kappa shape index (κ1) is 12.9. The van der Waals surface area contributed by atoms with Crippen LogP contribution in [0.5, 0.6) is 0 Å². The summed E-state index contributed by atoms with van der Waals surface area (Å²) in [5.74, 6) is 1.77. The first-order valence-electron chi connectivity index (χ1n) is 6.44. The lowest BCUT2D eigenvalue weighted by Gasteiger charge is -2.09. The number of benzene rings is 1. The normalized spacial score (nSPS) is 10.9. The van der Waals surface area contributed by atoms with Gasteiger partial charge in [-0.15, -0.1) is 0 Å². The summed E-state index contributed by atoms with van der Waals surface area (Å²) in [5, 5.41) is 3.70. The van der Waals surface area contributed by atoms with Crippen LogP contribution in [0, 0.1) is 6.92 Å². The first-order chi connectivity index (χ1) is 9.69. The molecule has 0 amide bonds. The lowest BCUT2D eigenvalue weighted by atomic mass is 10.3. The molecule has 0 aliphatic heterocycles. The Bertz CT molecular complexity index is 764. The van der Waals surface area contributed by atoms with Crippen molar-refractivity contribution >= 4 is 28.5 Å². The summed E-state index contributed by atoms with van der Waals surface area (Å²) in [6, 6.07) is 11.8. The van der Waals surface area contributed by atoms with Crippen molar-refractivity contribution in [3.05, 3.63) is 52.9 Å². The summed E-state index contributed by atoms with van der Waals surface area (Å²) in [6.45, 7) is 2.61. The third kappa shape index (κ3) is 2.23. The number of hydrogen-bond donors (Lipinski definition) is 1. The molecule has 1 aromatic carbocycles. The van der Waals surface area contributed by atoms with Crippen molar-refractivity contribution < 1.29 is 0 Å². The zero-order chi connectivity index (χ0) is 14.1. The summed E-state index contributed by atoms with van der Waals surface area (Å²) in [4.78, 5) is 9.08. The molecule has 0 saturated heterocycles. The second kappa shape index (κ2) is 5.13. The van der Waals surface area contributed by atoms with Gasteiger partial charge in [-0.05, 0) is 31.2 Å². The van der Waals surface area contributed by atoms with Crippen LogP contribution in [-0.4, -0.2) is 21.6 Å². The maximum Gasteiger partial charge on any atom is 0.126 e. The van der Waals surface area contributed by atoms with Crippen molar-refractivity contribution in [2.24, 2.45) is 0 Å². The molecule has 0 fully saturated rings. The van der Waals surface area contributed by atoms with E-state index in [0.29, 0.717) is 11.6 Å². The Labute approximate surface area is 122 Å². The molecule has 3 aromatic rings. The standard InChI is InChI=1S/C15H15ClN4/c1-10-18-12-5-3-4-6-14(12)20(10)9-13-11(16)7-8-15(17-2)19-13/h3-8H,9H2,1-2H3,(H,17,19). The highest BCUT2D eigenvalue weighted by Crippen LogP contribution is 2.21. The number of anilines is 1. The molecule has 3 rings (SSSR count). The molecule has 2 aromatic heterocycles. The summed E-state index contributed by atoms with van der Waals surface area (Å²) >= 11 is 6.25. The van der Waals surface area contributed by atoms with Gasteiger partial charge in [0.25, 0.3) is 0 Å². The highest BCUT2D eigenvalue weighted by atomic mass is 35.5. The molecule has 2 heterocycles. The third-order valence-electron chi connectivity index (χ3n) is 3.33. The molecule has 0 aliphatic rings. The fourth-order valence-electron chi connectivity index (χ4n) is 2.28. The van der Waals surface area contributed by atoms with Gasteiger partial charge in [0.05, 0.1) is 28.3 Å². The van der Waals surface area contributed by atoms with Crippen LogP contribution in [0.3, 0.4) is 0 Å². The molecular formula is C15H15ClN4. The summed E-state index contributed by atoms with van der Waals surface area (Å²) in [5.41, 5.74) is 2.92. The molecule has 0 unspecified atom stereocenters. The molecule has 0 radical (unpaired) electrons. The molecule has 0 atom stereocenters. The summed E-state index contributed by atoms with van der Waals surface area (Å²) in [7, 11) is 1.85. The van der Waals surface area contributed by atoms with Crippen LogP contribution in [0.15, 0.2) is 36.4 Å². The number of hydrogen-bond acceptors (Lipinski definition) is 3. The first-order valence-corrected chi connectivity index (χ1v) is 6.82. The van der Waals surface area contributed by atoms with E-state index in [1.165, 1.54) is 0 Å². The average molecular weight is 287 g/mol. The van der Waals surface area contributed by atoms with E-state index in [9.17, 15) is 0 Å². The molecule has 20 heavy (non-hydrogen) atoms. The monoisotopic (exact) mass is 286 g/mol. The van der Waals surface area contributed by atoms with Crippen LogP contribution in [0.2, 0.25) is 5.02 Å².